The maximum absolute atomic E-state index is 12.5. The molecule has 2 aromatic heterocycles. The van der Waals surface area contributed by atoms with Crippen molar-refractivity contribution in [2.75, 3.05) is 13.1 Å². The summed E-state index contributed by atoms with van der Waals surface area (Å²) in [7, 11) is 2.08. The molecule has 5 rings (SSSR count). The Morgan fingerprint density at radius 2 is 1.96 bits per heavy atom. The van der Waals surface area contributed by atoms with Crippen molar-refractivity contribution in [3.05, 3.63) is 29.6 Å². The van der Waals surface area contributed by atoms with E-state index in [-0.39, 0.29) is 11.8 Å². The van der Waals surface area contributed by atoms with E-state index in [1.165, 1.54) is 29.6 Å². The van der Waals surface area contributed by atoms with Crippen LogP contribution in [0, 0.1) is 24.2 Å². The van der Waals surface area contributed by atoms with Gasteiger partial charge in [-0.3, -0.25) is 4.79 Å². The van der Waals surface area contributed by atoms with Crippen LogP contribution in [0.2, 0.25) is 0 Å². The quantitative estimate of drug-likeness (QED) is 0.908. The Hall–Kier alpha value is -1.88. The summed E-state index contributed by atoms with van der Waals surface area (Å²) in [6.07, 6.45) is 4.73. The number of carbonyl (C=O) groups excluding carboxylic acids is 1. The first-order chi connectivity index (χ1) is 12.7. The number of hydrogen-bond donors (Lipinski definition) is 1. The SMILES string of the molecule is Cc1cc2ccc(CC3CC4(C3)CN(C(=O)[C@H]3C[C@@](C)(O)C3)C4)nc2n1C. The van der Waals surface area contributed by atoms with Crippen LogP contribution in [-0.4, -0.2) is 44.2 Å². The second-order valence-electron chi connectivity index (χ2n) is 9.83. The van der Waals surface area contributed by atoms with Crippen molar-refractivity contribution < 1.29 is 9.90 Å². The Kier molecular flexibility index (Phi) is 3.55. The van der Waals surface area contributed by atoms with E-state index >= 15 is 0 Å². The molecular formula is C22H29N3O2. The average molecular weight is 367 g/mol. The minimum Gasteiger partial charge on any atom is -0.390 e. The Morgan fingerprint density at radius 3 is 2.63 bits per heavy atom. The number of carbonyl (C=O) groups is 1. The van der Waals surface area contributed by atoms with Gasteiger partial charge in [0.25, 0.3) is 0 Å². The van der Waals surface area contributed by atoms with Crippen molar-refractivity contribution in [3.63, 3.8) is 0 Å². The Balaban J connectivity index is 1.14. The lowest BCUT2D eigenvalue weighted by molar-refractivity contribution is -0.171. The summed E-state index contributed by atoms with van der Waals surface area (Å²) < 4.78 is 2.16. The van der Waals surface area contributed by atoms with Gasteiger partial charge in [0.15, 0.2) is 0 Å². The van der Waals surface area contributed by atoms with Gasteiger partial charge >= 0.3 is 0 Å². The number of pyridine rings is 1. The normalized spacial score (nSPS) is 29.5. The van der Waals surface area contributed by atoms with Crippen LogP contribution >= 0.6 is 0 Å². The van der Waals surface area contributed by atoms with E-state index in [1.807, 2.05) is 11.8 Å². The summed E-state index contributed by atoms with van der Waals surface area (Å²) in [5, 5.41) is 11.1. The zero-order chi connectivity index (χ0) is 19.0. The fourth-order valence-corrected chi connectivity index (χ4v) is 5.70. The molecule has 1 amide bonds. The van der Waals surface area contributed by atoms with Crippen LogP contribution in [-0.2, 0) is 18.3 Å². The van der Waals surface area contributed by atoms with Gasteiger partial charge in [-0.15, -0.1) is 0 Å². The zero-order valence-corrected chi connectivity index (χ0v) is 16.5. The molecule has 0 aromatic carbocycles. The van der Waals surface area contributed by atoms with Gasteiger partial charge in [0.05, 0.1) is 5.60 Å². The predicted molar refractivity (Wildman–Crippen MR) is 104 cm³/mol. The Bertz CT molecular complexity index is 907. The molecule has 3 heterocycles. The average Bonchev–Trinajstić information content (AvgIpc) is 2.80. The van der Waals surface area contributed by atoms with E-state index in [1.54, 1.807) is 0 Å². The van der Waals surface area contributed by atoms with Crippen molar-refractivity contribution >= 4 is 16.9 Å². The molecule has 1 spiro atoms. The highest BCUT2D eigenvalue weighted by atomic mass is 16.3. The molecule has 0 bridgehead atoms. The van der Waals surface area contributed by atoms with Gasteiger partial charge in [0.1, 0.15) is 5.65 Å². The number of hydrogen-bond acceptors (Lipinski definition) is 3. The first kappa shape index (κ1) is 17.2. The topological polar surface area (TPSA) is 58.4 Å². The minimum atomic E-state index is -0.616. The van der Waals surface area contributed by atoms with Crippen molar-refractivity contribution in [1.82, 2.24) is 14.5 Å². The molecule has 5 heteroatoms. The standard InChI is InChI=1S/C22H29N3O2/c1-14-6-16-4-5-18(23-19(16)24(14)3)7-15-8-22(9-15)12-25(13-22)20(26)17-10-21(2,27)11-17/h4-6,15,17,27H,7-13H2,1-3H3/t17-,21+. The highest BCUT2D eigenvalue weighted by molar-refractivity contribution is 5.81. The monoisotopic (exact) mass is 367 g/mol. The van der Waals surface area contributed by atoms with Crippen molar-refractivity contribution in [1.29, 1.82) is 0 Å². The molecule has 5 nitrogen and oxygen atoms in total. The van der Waals surface area contributed by atoms with Gasteiger partial charge in [-0.1, -0.05) is 0 Å². The Morgan fingerprint density at radius 1 is 1.26 bits per heavy atom. The first-order valence-corrected chi connectivity index (χ1v) is 10.2. The van der Waals surface area contributed by atoms with Crippen molar-refractivity contribution in [3.8, 4) is 0 Å². The van der Waals surface area contributed by atoms with Gasteiger partial charge in [-0.05, 0) is 70.1 Å². The van der Waals surface area contributed by atoms with Crippen LogP contribution in [0.25, 0.3) is 11.0 Å². The van der Waals surface area contributed by atoms with E-state index in [9.17, 15) is 9.90 Å². The molecule has 0 atom stereocenters. The summed E-state index contributed by atoms with van der Waals surface area (Å²) in [4.78, 5) is 19.4. The number of fused-ring (bicyclic) bond motifs is 1. The fourth-order valence-electron chi connectivity index (χ4n) is 5.70. The molecule has 2 aromatic rings. The molecule has 3 fully saturated rings. The van der Waals surface area contributed by atoms with Gasteiger partial charge in [0, 0.05) is 48.2 Å². The van der Waals surface area contributed by atoms with Crippen molar-refractivity contribution in [2.24, 2.45) is 24.3 Å². The molecule has 1 aliphatic heterocycles. The number of rotatable bonds is 3. The highest BCUT2D eigenvalue weighted by Crippen LogP contribution is 2.53. The molecule has 1 saturated heterocycles. The minimum absolute atomic E-state index is 0.0536. The predicted octanol–water partition coefficient (Wildman–Crippen LogP) is 2.82. The third-order valence-corrected chi connectivity index (χ3v) is 7.20. The summed E-state index contributed by atoms with van der Waals surface area (Å²) in [6, 6.07) is 6.55. The maximum Gasteiger partial charge on any atom is 0.225 e. The molecule has 1 N–H and O–H groups in total. The van der Waals surface area contributed by atoms with Crippen LogP contribution in [0.4, 0.5) is 0 Å². The molecule has 3 aliphatic rings. The first-order valence-electron chi connectivity index (χ1n) is 10.2. The second-order valence-corrected chi connectivity index (χ2v) is 9.83. The third-order valence-electron chi connectivity index (χ3n) is 7.20. The van der Waals surface area contributed by atoms with Crippen LogP contribution in [0.1, 0.15) is 44.0 Å². The van der Waals surface area contributed by atoms with Gasteiger partial charge in [-0.25, -0.2) is 4.98 Å². The summed E-state index contributed by atoms with van der Waals surface area (Å²) in [5.74, 6) is 1.01. The lowest BCUT2D eigenvalue weighted by Crippen LogP contribution is -2.66. The number of amides is 1. The van der Waals surface area contributed by atoms with Crippen LogP contribution < -0.4 is 0 Å². The highest BCUT2D eigenvalue weighted by Gasteiger charge is 2.55. The number of aryl methyl sites for hydroxylation is 2. The number of aliphatic hydroxyl groups is 1. The number of nitrogens with zero attached hydrogens (tertiary/aromatic N) is 3. The van der Waals surface area contributed by atoms with E-state index < -0.39 is 5.60 Å². The van der Waals surface area contributed by atoms with Crippen LogP contribution in [0.15, 0.2) is 18.2 Å². The van der Waals surface area contributed by atoms with E-state index in [0.29, 0.717) is 24.2 Å². The van der Waals surface area contributed by atoms with E-state index in [4.69, 9.17) is 4.98 Å². The molecule has 2 saturated carbocycles. The van der Waals surface area contributed by atoms with Gasteiger partial charge < -0.3 is 14.6 Å². The van der Waals surface area contributed by atoms with Gasteiger partial charge in [-0.2, -0.15) is 0 Å². The van der Waals surface area contributed by atoms with Crippen molar-refractivity contribution in [2.45, 2.75) is 51.6 Å². The van der Waals surface area contributed by atoms with Crippen LogP contribution in [0.5, 0.6) is 0 Å². The lowest BCUT2D eigenvalue weighted by Gasteiger charge is -2.60. The molecule has 2 aliphatic carbocycles. The number of aromatic nitrogens is 2. The fraction of sp³-hybridized carbons (Fsp3) is 0.636. The van der Waals surface area contributed by atoms with Crippen LogP contribution in [0.3, 0.4) is 0 Å². The second kappa shape index (κ2) is 5.57. The maximum atomic E-state index is 12.5. The van der Waals surface area contributed by atoms with E-state index in [0.717, 1.165) is 25.2 Å². The molecule has 0 unspecified atom stereocenters. The summed E-state index contributed by atoms with van der Waals surface area (Å²) >= 11 is 0. The zero-order valence-electron chi connectivity index (χ0n) is 16.5. The molecular weight excluding hydrogens is 338 g/mol. The Labute approximate surface area is 160 Å². The molecule has 144 valence electrons. The largest absolute Gasteiger partial charge is 0.390 e. The summed E-state index contributed by atoms with van der Waals surface area (Å²) in [6.45, 7) is 5.78. The number of likely N-dealkylation sites (tertiary alicyclic amines) is 1. The van der Waals surface area contributed by atoms with Gasteiger partial charge in [0.2, 0.25) is 5.91 Å². The molecule has 27 heavy (non-hydrogen) atoms. The smallest absolute Gasteiger partial charge is 0.225 e. The summed E-state index contributed by atoms with van der Waals surface area (Å²) in [5.41, 5.74) is 3.26. The third kappa shape index (κ3) is 2.78. The molecule has 0 radical (unpaired) electrons. The van der Waals surface area contributed by atoms with E-state index in [2.05, 4.69) is 36.7 Å². The lowest BCUT2D eigenvalue weighted by atomic mass is 9.56.